The van der Waals surface area contributed by atoms with E-state index in [9.17, 15) is 9.59 Å². The van der Waals surface area contributed by atoms with Gasteiger partial charge < -0.3 is 37.2 Å². The highest BCUT2D eigenvalue weighted by atomic mass is 79.9. The molecule has 0 unspecified atom stereocenters. The lowest BCUT2D eigenvalue weighted by molar-refractivity contribution is -0.134. The highest BCUT2D eigenvalue weighted by Gasteiger charge is 2.31. The van der Waals surface area contributed by atoms with Crippen LogP contribution in [0.5, 0.6) is 0 Å². The number of methoxy groups -OCH3 is 2. The van der Waals surface area contributed by atoms with Gasteiger partial charge in [0.1, 0.15) is 11.6 Å². The van der Waals surface area contributed by atoms with Crippen molar-refractivity contribution in [1.82, 2.24) is 28.9 Å². The van der Waals surface area contributed by atoms with Crippen LogP contribution >= 0.6 is 15.9 Å². The van der Waals surface area contributed by atoms with Crippen LogP contribution in [0.15, 0.2) is 148 Å². The van der Waals surface area contributed by atoms with Crippen molar-refractivity contribution in [3.8, 4) is 11.1 Å². The number of hydrogen-bond donors (Lipinski definition) is 0. The lowest BCUT2D eigenvalue weighted by Crippen LogP contribution is -2.40. The summed E-state index contributed by atoms with van der Waals surface area (Å²) < 4.78 is 26.4. The Balaban J connectivity index is 0.000000222. The number of carbonyl (C=O) groups is 2. The summed E-state index contributed by atoms with van der Waals surface area (Å²) in [6.07, 6.45) is 16.0. The number of amides is 2. The van der Waals surface area contributed by atoms with Crippen molar-refractivity contribution in [2.45, 2.75) is 131 Å². The van der Waals surface area contributed by atoms with E-state index in [2.05, 4.69) is 147 Å². The fourth-order valence-electron chi connectivity index (χ4n) is 11.1. The minimum atomic E-state index is 0. The van der Waals surface area contributed by atoms with Crippen molar-refractivity contribution in [2.24, 2.45) is 11.8 Å². The molecule has 2 fully saturated rings. The number of aromatic nitrogens is 4. The summed E-state index contributed by atoms with van der Waals surface area (Å²) in [4.78, 5) is 40.7. The lowest BCUT2D eigenvalue weighted by Gasteiger charge is -2.33. The molecule has 2 aliphatic heterocycles. The summed E-state index contributed by atoms with van der Waals surface area (Å²) in [5.74, 6) is 3.90. The van der Waals surface area contributed by atoms with Gasteiger partial charge in [-0.2, -0.15) is 0 Å². The molecule has 80 heavy (non-hydrogen) atoms. The Morgan fingerprint density at radius 2 is 1.09 bits per heavy atom. The van der Waals surface area contributed by atoms with E-state index in [1.165, 1.54) is 27.6 Å². The summed E-state index contributed by atoms with van der Waals surface area (Å²) in [6.45, 7) is 15.7. The van der Waals surface area contributed by atoms with Crippen LogP contribution in [0, 0.1) is 11.8 Å². The van der Waals surface area contributed by atoms with Crippen LogP contribution in [0.4, 0.5) is 0 Å². The number of benzene rings is 4. The third kappa shape index (κ3) is 17.4. The third-order valence-electron chi connectivity index (χ3n) is 15.3. The Morgan fingerprint density at radius 1 is 0.625 bits per heavy atom. The van der Waals surface area contributed by atoms with E-state index in [0.717, 1.165) is 142 Å². The molecule has 2 aliphatic rings. The minimum absolute atomic E-state index is 0. The number of carbonyl (C=O) groups excluding carboxylic acids is 2. The van der Waals surface area contributed by atoms with E-state index in [4.69, 9.17) is 28.3 Å². The standard InChI is InChI=1S/C31H37N3O3.C27H34BrN3O2.C6H9BO.2CH4/c1-23(19-24-10-12-25(13-11-24)27-14-18-37-22-27)20-30(35)33-15-5-7-26(21-33)31-32-28-8-3-4-9-29(28)34(31)16-6-17-36-2;1-20(17-21-10-12-23(28)13-11-21)18-26(32)30-14-5-7-22(19-30)27-29-24-8-3-4-9-25(24)31(27)15-6-16-33-2;1-7(2)6-3-4-8-5-6;;/h3-4,8-14,18,22-23,26H,5-7,15-17,19-21H2,1-2H3;3-4,8-13,20,22H,5-7,14-19H2,1-2H3;3-5H,1-2H3;2*1H4/t23-,26-;20-,22-;;;/m11.../s1. The maximum atomic E-state index is 13.3. The van der Waals surface area contributed by atoms with Crippen LogP contribution in [-0.2, 0) is 45.0 Å². The lowest BCUT2D eigenvalue weighted by atomic mass is 9.50. The van der Waals surface area contributed by atoms with Gasteiger partial charge >= 0.3 is 0 Å². The number of piperidine rings is 2. The first-order valence-electron chi connectivity index (χ1n) is 28.3. The average Bonchev–Trinajstić information content (AvgIpc) is 4.41. The monoisotopic (exact) mass is 1150 g/mol. The van der Waals surface area contributed by atoms with Crippen molar-refractivity contribution in [1.29, 1.82) is 0 Å². The third-order valence-corrected chi connectivity index (χ3v) is 15.8. The Bertz CT molecular complexity index is 3060. The summed E-state index contributed by atoms with van der Waals surface area (Å²) in [6, 6.07) is 37.6. The van der Waals surface area contributed by atoms with Crippen molar-refractivity contribution >= 4 is 62.0 Å². The van der Waals surface area contributed by atoms with Crippen LogP contribution in [0.3, 0.4) is 0 Å². The average molecular weight is 1150 g/mol. The maximum absolute atomic E-state index is 13.3. The van der Waals surface area contributed by atoms with Gasteiger partial charge in [0.2, 0.25) is 11.8 Å². The molecule has 4 aromatic heterocycles. The number of furan rings is 2. The predicted octanol–water partition coefficient (Wildman–Crippen LogP) is 14.6. The molecule has 0 N–H and O–H groups in total. The number of para-hydroxylation sites is 4. The number of imidazole rings is 2. The quantitative estimate of drug-likeness (QED) is 0.0546. The molecule has 4 atom stereocenters. The first-order chi connectivity index (χ1) is 38.0. The van der Waals surface area contributed by atoms with Crippen molar-refractivity contribution < 1.29 is 27.9 Å². The molecule has 0 bridgehead atoms. The van der Waals surface area contributed by atoms with Crippen molar-refractivity contribution in [3.05, 3.63) is 161 Å². The number of nitrogens with zero attached hydrogens (tertiary/aromatic N) is 6. The number of aryl methyl sites for hydroxylation is 2. The maximum Gasteiger partial charge on any atom is 0.222 e. The molecular formula is C66H88BBrN6O6. The number of fused-ring (bicyclic) bond motifs is 2. The van der Waals surface area contributed by atoms with Gasteiger partial charge in [0.05, 0.1) is 47.1 Å². The first kappa shape index (κ1) is 63.0. The van der Waals surface area contributed by atoms with Crippen LogP contribution in [0.25, 0.3) is 33.2 Å². The molecule has 10 rings (SSSR count). The van der Waals surface area contributed by atoms with Gasteiger partial charge in [0, 0.05) is 101 Å². The minimum Gasteiger partial charge on any atom is -0.473 e. The molecule has 0 spiro atoms. The molecule has 12 nitrogen and oxygen atoms in total. The zero-order valence-corrected chi connectivity index (χ0v) is 48.4. The van der Waals surface area contributed by atoms with E-state index < -0.39 is 0 Å². The fraction of sp³-hybridized carbons (Fsp3) is 0.455. The van der Waals surface area contributed by atoms with E-state index in [-0.39, 0.29) is 44.4 Å². The van der Waals surface area contributed by atoms with Gasteiger partial charge in [-0.3, -0.25) is 9.59 Å². The second-order valence-electron chi connectivity index (χ2n) is 21.8. The molecule has 2 saturated heterocycles. The Morgan fingerprint density at radius 3 is 1.51 bits per heavy atom. The second-order valence-corrected chi connectivity index (χ2v) is 22.8. The molecule has 0 saturated carbocycles. The zero-order chi connectivity index (χ0) is 54.8. The van der Waals surface area contributed by atoms with Gasteiger partial charge in [-0.25, -0.2) is 9.97 Å². The molecule has 0 aliphatic carbocycles. The fourth-order valence-corrected chi connectivity index (χ4v) is 11.4. The molecule has 14 heteroatoms. The van der Waals surface area contributed by atoms with Gasteiger partial charge in [-0.15, -0.1) is 0 Å². The van der Waals surface area contributed by atoms with Gasteiger partial charge in [-0.1, -0.05) is 119 Å². The summed E-state index contributed by atoms with van der Waals surface area (Å²) in [5, 5.41) is 0. The molecule has 6 heterocycles. The van der Waals surface area contributed by atoms with Gasteiger partial charge in [0.15, 0.2) is 6.71 Å². The van der Waals surface area contributed by atoms with Gasteiger partial charge in [-0.05, 0) is 134 Å². The largest absolute Gasteiger partial charge is 0.473 e. The molecule has 0 radical (unpaired) electrons. The Hall–Kier alpha value is -6.22. The zero-order valence-electron chi connectivity index (χ0n) is 46.8. The molecular weight excluding hydrogens is 1060 g/mol. The molecule has 4 aromatic carbocycles. The second kappa shape index (κ2) is 31.7. The van der Waals surface area contributed by atoms with E-state index in [1.54, 1.807) is 39.3 Å². The Kier molecular flexibility index (Phi) is 24.9. The van der Waals surface area contributed by atoms with Crippen LogP contribution < -0.4 is 5.46 Å². The number of ether oxygens (including phenoxy) is 2. The Labute approximate surface area is 485 Å². The highest BCUT2D eigenvalue weighted by molar-refractivity contribution is 9.10. The van der Waals surface area contributed by atoms with Crippen LogP contribution in [-0.4, -0.2) is 101 Å². The van der Waals surface area contributed by atoms with Crippen LogP contribution in [0.2, 0.25) is 13.6 Å². The topological polar surface area (TPSA) is 121 Å². The van der Waals surface area contributed by atoms with E-state index >= 15 is 0 Å². The summed E-state index contributed by atoms with van der Waals surface area (Å²) in [5.41, 5.74) is 10.5. The predicted molar refractivity (Wildman–Crippen MR) is 332 cm³/mol. The summed E-state index contributed by atoms with van der Waals surface area (Å²) in [7, 11) is 3.49. The smallest absolute Gasteiger partial charge is 0.222 e. The molecule has 2 amide bonds. The summed E-state index contributed by atoms with van der Waals surface area (Å²) >= 11 is 3.49. The van der Waals surface area contributed by atoms with E-state index in [0.29, 0.717) is 25.5 Å². The molecule has 8 aromatic rings. The number of halogens is 1. The van der Waals surface area contributed by atoms with Crippen molar-refractivity contribution in [2.75, 3.05) is 53.6 Å². The first-order valence-corrected chi connectivity index (χ1v) is 29.1. The molecule has 428 valence electrons. The SMILES string of the molecule is C.C.CB(C)c1ccoc1.COCCCn1c([C@@H]2CCCN(C(=O)C[C@H](C)Cc3ccc(-c4ccoc4)cc3)C2)nc2ccccc21.COCCCn1c([C@@H]2CCCN(C(=O)C[C@H](C)Cc3ccc(Br)cc3)C2)nc2ccccc21. The van der Waals surface area contributed by atoms with E-state index in [1.807, 2.05) is 24.3 Å². The number of likely N-dealkylation sites (tertiary alicyclic amines) is 2. The number of hydrogen-bond acceptors (Lipinski definition) is 8. The highest BCUT2D eigenvalue weighted by Crippen LogP contribution is 2.33. The van der Waals surface area contributed by atoms with Gasteiger partial charge in [0.25, 0.3) is 0 Å². The van der Waals surface area contributed by atoms with Crippen LogP contribution in [0.1, 0.15) is 115 Å². The number of rotatable bonds is 20. The normalized spacial score (nSPS) is 15.9. The van der Waals surface area contributed by atoms with Crippen molar-refractivity contribution in [3.63, 3.8) is 0 Å².